The summed E-state index contributed by atoms with van der Waals surface area (Å²) in [5.41, 5.74) is 1.20. The normalized spacial score (nSPS) is 32.9. The van der Waals surface area contributed by atoms with E-state index in [0.717, 1.165) is 12.1 Å². The standard InChI is InChI=1S/C7H13N/c1-4-5-6(8)7(5,2)3/h5,8H,4H2,1-3H3. The van der Waals surface area contributed by atoms with Gasteiger partial charge in [-0.25, -0.2) is 0 Å². The molecule has 1 fully saturated rings. The van der Waals surface area contributed by atoms with Gasteiger partial charge in [0.2, 0.25) is 0 Å². The first kappa shape index (κ1) is 5.80. The highest BCUT2D eigenvalue weighted by Crippen LogP contribution is 2.49. The van der Waals surface area contributed by atoms with Crippen molar-refractivity contribution in [3.8, 4) is 0 Å². The zero-order chi connectivity index (χ0) is 6.36. The zero-order valence-electron chi connectivity index (χ0n) is 5.78. The molecule has 1 saturated carbocycles. The lowest BCUT2D eigenvalue weighted by atomic mass is 10.1. The van der Waals surface area contributed by atoms with Crippen molar-refractivity contribution < 1.29 is 0 Å². The minimum atomic E-state index is 0.259. The lowest BCUT2D eigenvalue weighted by Crippen LogP contribution is -1.87. The van der Waals surface area contributed by atoms with Gasteiger partial charge in [-0.3, -0.25) is 0 Å². The van der Waals surface area contributed by atoms with Gasteiger partial charge in [0.1, 0.15) is 0 Å². The maximum Gasteiger partial charge on any atom is 0.0192 e. The summed E-state index contributed by atoms with van der Waals surface area (Å²) in [6.45, 7) is 6.43. The third kappa shape index (κ3) is 0.504. The summed E-state index contributed by atoms with van der Waals surface area (Å²) in [7, 11) is 0. The molecule has 0 spiro atoms. The van der Waals surface area contributed by atoms with Gasteiger partial charge in [-0.1, -0.05) is 20.8 Å². The van der Waals surface area contributed by atoms with Crippen LogP contribution in [0.2, 0.25) is 0 Å². The Hall–Kier alpha value is -0.330. The van der Waals surface area contributed by atoms with Crippen LogP contribution >= 0.6 is 0 Å². The van der Waals surface area contributed by atoms with Crippen LogP contribution in [0.1, 0.15) is 27.2 Å². The van der Waals surface area contributed by atoms with E-state index in [1.54, 1.807) is 0 Å². The van der Waals surface area contributed by atoms with E-state index < -0.39 is 0 Å². The monoisotopic (exact) mass is 111 g/mol. The van der Waals surface area contributed by atoms with Crippen LogP contribution in [0.4, 0.5) is 0 Å². The molecule has 0 heterocycles. The molecule has 1 rings (SSSR count). The van der Waals surface area contributed by atoms with Gasteiger partial charge in [0, 0.05) is 17.0 Å². The van der Waals surface area contributed by atoms with Crippen molar-refractivity contribution >= 4 is 5.71 Å². The van der Waals surface area contributed by atoms with Crippen LogP contribution in [0.15, 0.2) is 0 Å². The molecule has 0 amide bonds. The molecule has 1 aliphatic rings. The Labute approximate surface area is 50.6 Å². The van der Waals surface area contributed by atoms with Gasteiger partial charge in [0.25, 0.3) is 0 Å². The summed E-state index contributed by atoms with van der Waals surface area (Å²) in [6, 6.07) is 0. The smallest absolute Gasteiger partial charge is 0.0192 e. The van der Waals surface area contributed by atoms with Gasteiger partial charge in [-0.2, -0.15) is 0 Å². The van der Waals surface area contributed by atoms with Crippen molar-refractivity contribution in [1.82, 2.24) is 0 Å². The van der Waals surface area contributed by atoms with E-state index in [-0.39, 0.29) is 5.41 Å². The summed E-state index contributed by atoms with van der Waals surface area (Å²) in [6.07, 6.45) is 1.14. The van der Waals surface area contributed by atoms with E-state index in [1.807, 2.05) is 0 Å². The highest BCUT2D eigenvalue weighted by Gasteiger charge is 2.51. The fourth-order valence-corrected chi connectivity index (χ4v) is 1.35. The fourth-order valence-electron chi connectivity index (χ4n) is 1.35. The molecule has 0 aromatic rings. The molecule has 1 nitrogen and oxygen atoms in total. The largest absolute Gasteiger partial charge is 0.309 e. The van der Waals surface area contributed by atoms with Crippen LogP contribution in [0.5, 0.6) is 0 Å². The molecule has 0 radical (unpaired) electrons. The van der Waals surface area contributed by atoms with Gasteiger partial charge >= 0.3 is 0 Å². The number of rotatable bonds is 1. The Bertz CT molecular complexity index is 124. The van der Waals surface area contributed by atoms with Crippen molar-refractivity contribution in [2.75, 3.05) is 0 Å². The first-order chi connectivity index (χ1) is 3.60. The van der Waals surface area contributed by atoms with E-state index in [9.17, 15) is 0 Å². The molecular weight excluding hydrogens is 98.1 g/mol. The van der Waals surface area contributed by atoms with E-state index in [2.05, 4.69) is 20.8 Å². The van der Waals surface area contributed by atoms with Gasteiger partial charge in [-0.15, -0.1) is 0 Å². The number of nitrogens with one attached hydrogen (secondary N) is 1. The fraction of sp³-hybridized carbons (Fsp3) is 0.857. The molecule has 0 aromatic carbocycles. The Balaban J connectivity index is 2.58. The van der Waals surface area contributed by atoms with Crippen LogP contribution in [-0.4, -0.2) is 5.71 Å². The Morgan fingerprint density at radius 2 is 2.00 bits per heavy atom. The first-order valence-corrected chi connectivity index (χ1v) is 3.19. The van der Waals surface area contributed by atoms with E-state index in [0.29, 0.717) is 5.92 Å². The highest BCUT2D eigenvalue weighted by atomic mass is 14.7. The SMILES string of the molecule is CCC1C(=N)C1(C)C. The van der Waals surface area contributed by atoms with E-state index in [1.165, 1.54) is 0 Å². The quantitative estimate of drug-likeness (QED) is 0.535. The van der Waals surface area contributed by atoms with Crippen LogP contribution in [0.3, 0.4) is 0 Å². The molecule has 1 atom stereocenters. The summed E-state index contributed by atoms with van der Waals surface area (Å²) in [5.74, 6) is 0.600. The predicted molar refractivity (Wildman–Crippen MR) is 35.3 cm³/mol. The summed E-state index contributed by atoms with van der Waals surface area (Å²) < 4.78 is 0. The average Bonchev–Trinajstić information content (AvgIpc) is 2.09. The van der Waals surface area contributed by atoms with Crippen LogP contribution in [0.25, 0.3) is 0 Å². The molecule has 1 aliphatic carbocycles. The molecule has 46 valence electrons. The van der Waals surface area contributed by atoms with Crippen molar-refractivity contribution in [3.63, 3.8) is 0 Å². The number of hydrogen-bond donors (Lipinski definition) is 1. The number of hydrogen-bond acceptors (Lipinski definition) is 1. The predicted octanol–water partition coefficient (Wildman–Crippen LogP) is 2.07. The minimum absolute atomic E-state index is 0.259. The van der Waals surface area contributed by atoms with Crippen molar-refractivity contribution in [2.24, 2.45) is 11.3 Å². The lowest BCUT2D eigenvalue weighted by molar-refractivity contribution is 0.555. The third-order valence-corrected chi connectivity index (χ3v) is 2.24. The van der Waals surface area contributed by atoms with Gasteiger partial charge in [0.05, 0.1) is 0 Å². The maximum atomic E-state index is 7.37. The summed E-state index contributed by atoms with van der Waals surface area (Å²) >= 11 is 0. The first-order valence-electron chi connectivity index (χ1n) is 3.19. The Morgan fingerprint density at radius 1 is 1.62 bits per heavy atom. The van der Waals surface area contributed by atoms with Crippen LogP contribution < -0.4 is 0 Å². The van der Waals surface area contributed by atoms with Crippen molar-refractivity contribution in [2.45, 2.75) is 27.2 Å². The lowest BCUT2D eigenvalue weighted by Gasteiger charge is -1.93. The third-order valence-electron chi connectivity index (χ3n) is 2.24. The molecular formula is C7H13N. The van der Waals surface area contributed by atoms with E-state index >= 15 is 0 Å². The molecule has 8 heavy (non-hydrogen) atoms. The van der Waals surface area contributed by atoms with Crippen LogP contribution in [0, 0.1) is 16.7 Å². The topological polar surface area (TPSA) is 23.9 Å². The van der Waals surface area contributed by atoms with Crippen LogP contribution in [-0.2, 0) is 0 Å². The minimum Gasteiger partial charge on any atom is -0.309 e. The molecule has 1 unspecified atom stereocenters. The zero-order valence-corrected chi connectivity index (χ0v) is 5.78. The molecule has 0 saturated heterocycles. The molecule has 0 aromatic heterocycles. The average molecular weight is 111 g/mol. The van der Waals surface area contributed by atoms with Crippen molar-refractivity contribution in [3.05, 3.63) is 0 Å². The second-order valence-electron chi connectivity index (χ2n) is 3.10. The second-order valence-corrected chi connectivity index (χ2v) is 3.10. The summed E-state index contributed by atoms with van der Waals surface area (Å²) in [4.78, 5) is 0. The second kappa shape index (κ2) is 1.34. The van der Waals surface area contributed by atoms with Gasteiger partial charge < -0.3 is 5.41 Å². The molecule has 0 bridgehead atoms. The maximum absolute atomic E-state index is 7.37. The molecule has 1 N–H and O–H groups in total. The van der Waals surface area contributed by atoms with Crippen molar-refractivity contribution in [1.29, 1.82) is 5.41 Å². The Morgan fingerprint density at radius 3 is 2.00 bits per heavy atom. The van der Waals surface area contributed by atoms with E-state index in [4.69, 9.17) is 5.41 Å². The summed E-state index contributed by atoms with van der Waals surface area (Å²) in [5, 5.41) is 7.37. The molecule has 1 heteroatoms. The van der Waals surface area contributed by atoms with Gasteiger partial charge in [0.15, 0.2) is 0 Å². The highest BCUT2D eigenvalue weighted by molar-refractivity contribution is 6.05. The molecule has 0 aliphatic heterocycles. The van der Waals surface area contributed by atoms with Gasteiger partial charge in [-0.05, 0) is 6.42 Å². The Kier molecular flexibility index (Phi) is 0.969.